The summed E-state index contributed by atoms with van der Waals surface area (Å²) in [5.41, 5.74) is 1.16. The van der Waals surface area contributed by atoms with E-state index in [0.717, 1.165) is 24.9 Å². The largest absolute Gasteiger partial charge is 0.291 e. The van der Waals surface area contributed by atoms with Crippen molar-refractivity contribution in [2.24, 2.45) is 5.92 Å². The van der Waals surface area contributed by atoms with Crippen LogP contribution < -0.4 is 0 Å². The van der Waals surface area contributed by atoms with Gasteiger partial charge in [-0.3, -0.25) is 4.90 Å². The van der Waals surface area contributed by atoms with Crippen molar-refractivity contribution in [3.8, 4) is 6.07 Å². The molecule has 2 rings (SSSR count). The summed E-state index contributed by atoms with van der Waals surface area (Å²) >= 11 is 0. The normalized spacial score (nSPS) is 25.0. The molecule has 0 N–H and O–H groups in total. The number of hydrogen-bond donors (Lipinski definition) is 0. The predicted molar refractivity (Wildman–Crippen MR) is 73.9 cm³/mol. The number of halogens is 1. The molecule has 1 aliphatic rings. The number of piperidine rings is 1. The number of hydrogen-bond acceptors (Lipinski definition) is 2. The summed E-state index contributed by atoms with van der Waals surface area (Å²) < 4.78 is 13.1. The van der Waals surface area contributed by atoms with Crippen molar-refractivity contribution in [1.82, 2.24) is 4.90 Å². The van der Waals surface area contributed by atoms with Crippen molar-refractivity contribution in [2.75, 3.05) is 6.54 Å². The molecule has 1 aromatic carbocycles. The minimum Gasteiger partial charge on any atom is -0.291 e. The number of nitrogens with zero attached hydrogens (tertiary/aromatic N) is 2. The molecule has 1 aromatic rings. The van der Waals surface area contributed by atoms with Crippen LogP contribution >= 0.6 is 0 Å². The van der Waals surface area contributed by atoms with Gasteiger partial charge in [0.25, 0.3) is 0 Å². The SMILES string of the molecule is CC(C)(C)N1CC[C@H](C#N)C[C@@H]1c1ccc(F)cc1. The van der Waals surface area contributed by atoms with Crippen LogP contribution in [0.3, 0.4) is 0 Å². The molecular weight excluding hydrogens is 239 g/mol. The van der Waals surface area contributed by atoms with E-state index in [2.05, 4.69) is 31.7 Å². The lowest BCUT2D eigenvalue weighted by Crippen LogP contribution is -2.47. The van der Waals surface area contributed by atoms with E-state index in [1.165, 1.54) is 12.1 Å². The Bertz CT molecular complexity index is 467. The van der Waals surface area contributed by atoms with Crippen LogP contribution in [0.15, 0.2) is 24.3 Å². The third-order valence-electron chi connectivity index (χ3n) is 3.90. The molecule has 19 heavy (non-hydrogen) atoms. The first kappa shape index (κ1) is 14.0. The second-order valence-electron chi connectivity index (χ2n) is 6.28. The molecule has 102 valence electrons. The number of benzene rings is 1. The molecule has 2 nitrogen and oxygen atoms in total. The summed E-state index contributed by atoms with van der Waals surface area (Å²) in [6.07, 6.45) is 1.75. The Kier molecular flexibility index (Phi) is 3.91. The molecule has 0 radical (unpaired) electrons. The molecule has 0 bridgehead atoms. The van der Waals surface area contributed by atoms with E-state index >= 15 is 0 Å². The highest BCUT2D eigenvalue weighted by atomic mass is 19.1. The second-order valence-corrected chi connectivity index (χ2v) is 6.28. The van der Waals surface area contributed by atoms with Crippen LogP contribution in [0.4, 0.5) is 4.39 Å². The smallest absolute Gasteiger partial charge is 0.123 e. The zero-order chi connectivity index (χ0) is 14.0. The number of rotatable bonds is 1. The maximum absolute atomic E-state index is 13.1. The Labute approximate surface area is 114 Å². The van der Waals surface area contributed by atoms with Crippen LogP contribution in [-0.4, -0.2) is 17.0 Å². The van der Waals surface area contributed by atoms with Gasteiger partial charge >= 0.3 is 0 Å². The van der Waals surface area contributed by atoms with Gasteiger partial charge in [0.15, 0.2) is 0 Å². The molecule has 2 atom stereocenters. The van der Waals surface area contributed by atoms with Gasteiger partial charge in [-0.25, -0.2) is 4.39 Å². The molecule has 0 unspecified atom stereocenters. The monoisotopic (exact) mass is 260 g/mol. The van der Waals surface area contributed by atoms with E-state index in [-0.39, 0.29) is 23.3 Å². The molecule has 1 aliphatic heterocycles. The lowest BCUT2D eigenvalue weighted by molar-refractivity contribution is 0.0388. The Morgan fingerprint density at radius 1 is 1.26 bits per heavy atom. The first-order valence-corrected chi connectivity index (χ1v) is 6.83. The Hall–Kier alpha value is -1.40. The van der Waals surface area contributed by atoms with Gasteiger partial charge in [-0.2, -0.15) is 5.26 Å². The maximum atomic E-state index is 13.1. The van der Waals surface area contributed by atoms with Gasteiger partial charge in [0.1, 0.15) is 5.82 Å². The van der Waals surface area contributed by atoms with Gasteiger partial charge in [-0.1, -0.05) is 12.1 Å². The van der Waals surface area contributed by atoms with Crippen LogP contribution in [-0.2, 0) is 0 Å². The zero-order valence-electron chi connectivity index (χ0n) is 11.9. The molecule has 0 spiro atoms. The number of likely N-dealkylation sites (tertiary alicyclic amines) is 1. The van der Waals surface area contributed by atoms with Crippen LogP contribution in [0.25, 0.3) is 0 Å². The minimum absolute atomic E-state index is 0.0550. The summed E-state index contributed by atoms with van der Waals surface area (Å²) in [5.74, 6) is -0.104. The van der Waals surface area contributed by atoms with Crippen molar-refractivity contribution in [2.45, 2.75) is 45.2 Å². The standard InChI is InChI=1S/C16H21FN2/c1-16(2,3)19-9-8-12(11-18)10-15(19)13-4-6-14(17)7-5-13/h4-7,12,15H,8-10H2,1-3H3/t12-,15+/m0/s1. The van der Waals surface area contributed by atoms with Gasteiger partial charge in [0, 0.05) is 24.0 Å². The van der Waals surface area contributed by atoms with Gasteiger partial charge in [-0.05, 0) is 51.3 Å². The maximum Gasteiger partial charge on any atom is 0.123 e. The molecule has 1 fully saturated rings. The van der Waals surface area contributed by atoms with Crippen molar-refractivity contribution in [3.05, 3.63) is 35.6 Å². The molecule has 1 heterocycles. The van der Waals surface area contributed by atoms with Crippen LogP contribution in [0, 0.1) is 23.1 Å². The van der Waals surface area contributed by atoms with E-state index in [0.29, 0.717) is 0 Å². The van der Waals surface area contributed by atoms with E-state index in [4.69, 9.17) is 5.26 Å². The summed E-state index contributed by atoms with van der Waals surface area (Å²) in [6, 6.07) is 9.30. The fourth-order valence-corrected chi connectivity index (χ4v) is 2.89. The van der Waals surface area contributed by atoms with E-state index in [1.54, 1.807) is 0 Å². The third-order valence-corrected chi connectivity index (χ3v) is 3.90. The van der Waals surface area contributed by atoms with Crippen LogP contribution in [0.5, 0.6) is 0 Å². The fraction of sp³-hybridized carbons (Fsp3) is 0.562. The average molecular weight is 260 g/mol. The Morgan fingerprint density at radius 2 is 1.89 bits per heavy atom. The Balaban J connectivity index is 2.30. The van der Waals surface area contributed by atoms with Crippen LogP contribution in [0.1, 0.15) is 45.2 Å². The highest BCUT2D eigenvalue weighted by molar-refractivity contribution is 5.22. The third kappa shape index (κ3) is 3.13. The van der Waals surface area contributed by atoms with Crippen molar-refractivity contribution < 1.29 is 4.39 Å². The summed E-state index contributed by atoms with van der Waals surface area (Å²) in [5, 5.41) is 9.16. The van der Waals surface area contributed by atoms with Crippen molar-refractivity contribution >= 4 is 0 Å². The fourth-order valence-electron chi connectivity index (χ4n) is 2.89. The molecule has 0 saturated carbocycles. The quantitative estimate of drug-likeness (QED) is 0.765. The zero-order valence-corrected chi connectivity index (χ0v) is 11.9. The van der Waals surface area contributed by atoms with E-state index in [1.807, 2.05) is 12.1 Å². The molecular formula is C16H21FN2. The van der Waals surface area contributed by atoms with Gasteiger partial charge in [-0.15, -0.1) is 0 Å². The molecule has 0 aliphatic carbocycles. The van der Waals surface area contributed by atoms with Gasteiger partial charge in [0.05, 0.1) is 6.07 Å². The highest BCUT2D eigenvalue weighted by Crippen LogP contribution is 2.38. The second kappa shape index (κ2) is 5.30. The molecule has 0 amide bonds. The van der Waals surface area contributed by atoms with Crippen molar-refractivity contribution in [1.29, 1.82) is 5.26 Å². The summed E-state index contributed by atoms with van der Waals surface area (Å²) in [6.45, 7) is 7.49. The first-order chi connectivity index (χ1) is 8.91. The number of nitriles is 1. The lowest BCUT2D eigenvalue weighted by Gasteiger charge is -2.46. The van der Waals surface area contributed by atoms with Crippen LogP contribution in [0.2, 0.25) is 0 Å². The minimum atomic E-state index is -0.210. The van der Waals surface area contributed by atoms with Crippen molar-refractivity contribution in [3.63, 3.8) is 0 Å². The lowest BCUT2D eigenvalue weighted by atomic mass is 9.85. The van der Waals surface area contributed by atoms with E-state index in [9.17, 15) is 4.39 Å². The predicted octanol–water partition coefficient (Wildman–Crippen LogP) is 3.90. The van der Waals surface area contributed by atoms with Gasteiger partial charge < -0.3 is 0 Å². The van der Waals surface area contributed by atoms with E-state index < -0.39 is 0 Å². The molecule has 3 heteroatoms. The molecule has 1 saturated heterocycles. The average Bonchev–Trinajstić information content (AvgIpc) is 2.38. The highest BCUT2D eigenvalue weighted by Gasteiger charge is 2.35. The summed E-state index contributed by atoms with van der Waals surface area (Å²) in [4.78, 5) is 2.42. The molecule has 0 aromatic heterocycles. The first-order valence-electron chi connectivity index (χ1n) is 6.83. The topological polar surface area (TPSA) is 27.0 Å². The van der Waals surface area contributed by atoms with Gasteiger partial charge in [0.2, 0.25) is 0 Å². The summed E-state index contributed by atoms with van der Waals surface area (Å²) in [7, 11) is 0. The Morgan fingerprint density at radius 3 is 2.42 bits per heavy atom.